The van der Waals surface area contributed by atoms with Crippen molar-refractivity contribution in [1.29, 1.82) is 0 Å². The molecular formula is C10H9NO3S. The number of hydrogen-bond acceptors (Lipinski definition) is 4. The van der Waals surface area contributed by atoms with Crippen molar-refractivity contribution in [2.75, 3.05) is 14.2 Å². The number of rotatable bonds is 3. The molecule has 4 nitrogen and oxygen atoms in total. The van der Waals surface area contributed by atoms with Crippen molar-refractivity contribution in [2.24, 2.45) is 4.99 Å². The minimum atomic E-state index is -0.528. The van der Waals surface area contributed by atoms with E-state index in [-0.39, 0.29) is 5.56 Å². The lowest BCUT2D eigenvalue weighted by Gasteiger charge is -2.08. The molecule has 0 aliphatic carbocycles. The van der Waals surface area contributed by atoms with E-state index >= 15 is 0 Å². The van der Waals surface area contributed by atoms with Gasteiger partial charge in [-0.25, -0.2) is 0 Å². The van der Waals surface area contributed by atoms with Crippen LogP contribution >= 0.6 is 12.2 Å². The molecule has 0 fully saturated rings. The molecule has 0 heterocycles. The van der Waals surface area contributed by atoms with Gasteiger partial charge in [-0.05, 0) is 24.4 Å². The van der Waals surface area contributed by atoms with Crippen molar-refractivity contribution in [2.45, 2.75) is 0 Å². The van der Waals surface area contributed by atoms with E-state index in [4.69, 9.17) is 9.47 Å². The summed E-state index contributed by atoms with van der Waals surface area (Å²) in [5.74, 6) is 0.265. The fourth-order valence-corrected chi connectivity index (χ4v) is 1.24. The summed E-state index contributed by atoms with van der Waals surface area (Å²) in [5, 5.41) is 2.02. The van der Waals surface area contributed by atoms with Crippen LogP contribution in [0.25, 0.3) is 0 Å². The molecule has 0 saturated heterocycles. The van der Waals surface area contributed by atoms with Crippen LogP contribution in [-0.2, 0) is 0 Å². The maximum atomic E-state index is 11.5. The van der Waals surface area contributed by atoms with E-state index in [1.165, 1.54) is 14.2 Å². The van der Waals surface area contributed by atoms with Crippen LogP contribution in [0, 0.1) is 0 Å². The number of methoxy groups -OCH3 is 2. The number of aliphatic imine (C=N–C) groups is 1. The Kier molecular flexibility index (Phi) is 3.97. The highest BCUT2D eigenvalue weighted by Crippen LogP contribution is 2.28. The Hall–Kier alpha value is -1.71. The molecule has 0 saturated carbocycles. The average molecular weight is 223 g/mol. The maximum Gasteiger partial charge on any atom is 0.293 e. The van der Waals surface area contributed by atoms with Crippen LogP contribution in [-0.4, -0.2) is 25.3 Å². The van der Waals surface area contributed by atoms with Crippen LogP contribution in [0.15, 0.2) is 23.2 Å². The standard InChI is InChI=1S/C10H9NO3S/c1-13-7-4-3-5-8(14-2)9(7)10(12)11-6-15/h3-5H,1-2H3. The van der Waals surface area contributed by atoms with Crippen LogP contribution in [0.4, 0.5) is 0 Å². The van der Waals surface area contributed by atoms with Gasteiger partial charge in [-0.1, -0.05) is 6.07 Å². The monoisotopic (exact) mass is 223 g/mol. The Balaban J connectivity index is 3.33. The normalized spacial score (nSPS) is 8.93. The summed E-state index contributed by atoms with van der Waals surface area (Å²) in [7, 11) is 2.93. The second-order valence-electron chi connectivity index (χ2n) is 2.55. The summed E-state index contributed by atoms with van der Waals surface area (Å²) >= 11 is 4.37. The SMILES string of the molecule is COc1cccc(OC)c1C(=O)N=C=S. The predicted molar refractivity (Wildman–Crippen MR) is 58.9 cm³/mol. The zero-order valence-corrected chi connectivity index (χ0v) is 9.13. The number of carbonyl (C=O) groups excluding carboxylic acids is 1. The van der Waals surface area contributed by atoms with Gasteiger partial charge in [0.15, 0.2) is 0 Å². The molecule has 0 aliphatic rings. The van der Waals surface area contributed by atoms with Crippen molar-refractivity contribution < 1.29 is 14.3 Å². The molecule has 0 N–H and O–H groups in total. The number of benzene rings is 1. The van der Waals surface area contributed by atoms with Crippen LogP contribution in [0.2, 0.25) is 0 Å². The number of nitrogens with zero attached hydrogens (tertiary/aromatic N) is 1. The van der Waals surface area contributed by atoms with Gasteiger partial charge in [0.1, 0.15) is 17.1 Å². The Morgan fingerprint density at radius 2 is 1.87 bits per heavy atom. The third-order valence-electron chi connectivity index (χ3n) is 1.79. The first-order valence-electron chi connectivity index (χ1n) is 4.07. The number of carbonyl (C=O) groups is 1. The lowest BCUT2D eigenvalue weighted by Crippen LogP contribution is -2.02. The van der Waals surface area contributed by atoms with E-state index in [1.807, 2.05) is 5.16 Å². The molecule has 0 atom stereocenters. The first-order chi connectivity index (χ1) is 7.24. The first-order valence-corrected chi connectivity index (χ1v) is 4.48. The van der Waals surface area contributed by atoms with Crippen LogP contribution in [0.5, 0.6) is 11.5 Å². The Morgan fingerprint density at radius 1 is 1.33 bits per heavy atom. The molecule has 0 aliphatic heterocycles. The number of amides is 1. The molecule has 1 aromatic rings. The van der Waals surface area contributed by atoms with Crippen LogP contribution in [0.3, 0.4) is 0 Å². The lowest BCUT2D eigenvalue weighted by atomic mass is 10.1. The van der Waals surface area contributed by atoms with Gasteiger partial charge >= 0.3 is 0 Å². The molecule has 1 amide bonds. The molecule has 0 unspecified atom stereocenters. The molecule has 0 spiro atoms. The second-order valence-corrected chi connectivity index (χ2v) is 2.73. The average Bonchev–Trinajstić information content (AvgIpc) is 2.28. The fraction of sp³-hybridized carbons (Fsp3) is 0.200. The summed E-state index contributed by atoms with van der Waals surface area (Å²) in [6.07, 6.45) is 0. The Labute approximate surface area is 92.5 Å². The molecule has 1 aromatic carbocycles. The van der Waals surface area contributed by atoms with Gasteiger partial charge in [-0.3, -0.25) is 4.79 Å². The topological polar surface area (TPSA) is 47.9 Å². The predicted octanol–water partition coefficient (Wildman–Crippen LogP) is 1.95. The largest absolute Gasteiger partial charge is 0.496 e. The lowest BCUT2D eigenvalue weighted by molar-refractivity contribution is 0.0998. The van der Waals surface area contributed by atoms with Crippen molar-refractivity contribution in [3.05, 3.63) is 23.8 Å². The summed E-state index contributed by atoms with van der Waals surface area (Å²) in [6, 6.07) is 5.01. The molecule has 5 heteroatoms. The number of thiocarbonyl (C=S) groups is 1. The summed E-state index contributed by atoms with van der Waals surface area (Å²) in [5.41, 5.74) is 0.250. The van der Waals surface area contributed by atoms with Crippen molar-refractivity contribution >= 4 is 23.3 Å². The quantitative estimate of drug-likeness (QED) is 0.580. The molecular weight excluding hydrogens is 214 g/mol. The fourth-order valence-electron chi connectivity index (χ4n) is 1.16. The van der Waals surface area contributed by atoms with Crippen molar-refractivity contribution in [3.63, 3.8) is 0 Å². The third kappa shape index (κ3) is 2.40. The Morgan fingerprint density at radius 3 is 2.27 bits per heavy atom. The smallest absolute Gasteiger partial charge is 0.293 e. The van der Waals surface area contributed by atoms with Crippen molar-refractivity contribution in [3.8, 4) is 11.5 Å². The van der Waals surface area contributed by atoms with Crippen LogP contribution < -0.4 is 9.47 Å². The minimum absolute atomic E-state index is 0.250. The number of hydrogen-bond donors (Lipinski definition) is 0. The van der Waals surface area contributed by atoms with E-state index in [0.29, 0.717) is 11.5 Å². The zero-order chi connectivity index (χ0) is 11.3. The minimum Gasteiger partial charge on any atom is -0.496 e. The van der Waals surface area contributed by atoms with Gasteiger partial charge in [-0.15, -0.1) is 0 Å². The van der Waals surface area contributed by atoms with E-state index in [1.54, 1.807) is 18.2 Å². The van der Waals surface area contributed by atoms with Gasteiger partial charge in [0.05, 0.1) is 19.4 Å². The second kappa shape index (κ2) is 5.24. The highest BCUT2D eigenvalue weighted by molar-refractivity contribution is 7.78. The Bertz CT molecular complexity index is 402. The van der Waals surface area contributed by atoms with Gasteiger partial charge < -0.3 is 9.47 Å². The van der Waals surface area contributed by atoms with Crippen molar-refractivity contribution in [1.82, 2.24) is 0 Å². The van der Waals surface area contributed by atoms with Gasteiger partial charge in [0.25, 0.3) is 5.91 Å². The summed E-state index contributed by atoms with van der Waals surface area (Å²) in [6.45, 7) is 0. The van der Waals surface area contributed by atoms with E-state index < -0.39 is 5.91 Å². The molecule has 78 valence electrons. The first kappa shape index (κ1) is 11.4. The third-order valence-corrected chi connectivity index (χ3v) is 1.88. The van der Waals surface area contributed by atoms with Gasteiger partial charge in [0, 0.05) is 0 Å². The van der Waals surface area contributed by atoms with E-state index in [9.17, 15) is 4.79 Å². The van der Waals surface area contributed by atoms with E-state index in [2.05, 4.69) is 17.2 Å². The highest BCUT2D eigenvalue weighted by atomic mass is 32.1. The number of ether oxygens (including phenoxy) is 2. The molecule has 0 aromatic heterocycles. The number of isothiocyanates is 1. The molecule has 15 heavy (non-hydrogen) atoms. The van der Waals surface area contributed by atoms with Crippen LogP contribution in [0.1, 0.15) is 10.4 Å². The van der Waals surface area contributed by atoms with Gasteiger partial charge in [-0.2, -0.15) is 4.99 Å². The molecule has 1 rings (SSSR count). The maximum absolute atomic E-state index is 11.5. The molecule has 0 radical (unpaired) electrons. The zero-order valence-electron chi connectivity index (χ0n) is 8.31. The van der Waals surface area contributed by atoms with E-state index in [0.717, 1.165) is 0 Å². The molecule has 0 bridgehead atoms. The summed E-state index contributed by atoms with van der Waals surface area (Å²) in [4.78, 5) is 14.9. The highest BCUT2D eigenvalue weighted by Gasteiger charge is 2.16. The summed E-state index contributed by atoms with van der Waals surface area (Å²) < 4.78 is 10.1. The van der Waals surface area contributed by atoms with Gasteiger partial charge in [0.2, 0.25) is 0 Å².